The molecule has 0 saturated heterocycles. The number of carboxylic acids is 1. The minimum absolute atomic E-state index is 0.00486. The second-order valence-corrected chi connectivity index (χ2v) is 3.89. The molecular formula is C12H11FN2O3. The highest BCUT2D eigenvalue weighted by atomic mass is 19.1. The van der Waals surface area contributed by atoms with Crippen molar-refractivity contribution >= 4 is 16.9 Å². The predicted octanol–water partition coefficient (Wildman–Crippen LogP) is 1.47. The molecule has 5 nitrogen and oxygen atoms in total. The summed E-state index contributed by atoms with van der Waals surface area (Å²) in [6, 6.07) is 4.23. The van der Waals surface area contributed by atoms with Crippen LogP contribution in [0.2, 0.25) is 0 Å². The lowest BCUT2D eigenvalue weighted by Crippen LogP contribution is -2.13. The summed E-state index contributed by atoms with van der Waals surface area (Å²) in [5.41, 5.74) is -0.257. The van der Waals surface area contributed by atoms with E-state index < -0.39 is 17.3 Å². The van der Waals surface area contributed by atoms with Crippen LogP contribution in [0.15, 0.2) is 23.0 Å². The molecule has 0 fully saturated rings. The molecule has 18 heavy (non-hydrogen) atoms. The van der Waals surface area contributed by atoms with Gasteiger partial charge in [-0.3, -0.25) is 9.59 Å². The molecule has 0 aliphatic rings. The van der Waals surface area contributed by atoms with Crippen LogP contribution >= 0.6 is 0 Å². The maximum absolute atomic E-state index is 13.4. The van der Waals surface area contributed by atoms with Crippen LogP contribution in [0.3, 0.4) is 0 Å². The van der Waals surface area contributed by atoms with Crippen molar-refractivity contribution in [3.63, 3.8) is 0 Å². The Bertz CT molecular complexity index is 651. The zero-order chi connectivity index (χ0) is 13.1. The number of nitrogens with zero attached hydrogens (tertiary/aromatic N) is 1. The Morgan fingerprint density at radius 1 is 1.44 bits per heavy atom. The number of hydrogen-bond donors (Lipinski definition) is 2. The zero-order valence-electron chi connectivity index (χ0n) is 9.44. The predicted molar refractivity (Wildman–Crippen MR) is 62.9 cm³/mol. The van der Waals surface area contributed by atoms with Crippen LogP contribution in [0, 0.1) is 5.82 Å². The van der Waals surface area contributed by atoms with Gasteiger partial charge in [-0.05, 0) is 18.6 Å². The summed E-state index contributed by atoms with van der Waals surface area (Å²) in [7, 11) is 0. The van der Waals surface area contributed by atoms with Crippen LogP contribution in [0.5, 0.6) is 0 Å². The quantitative estimate of drug-likeness (QED) is 0.860. The van der Waals surface area contributed by atoms with E-state index in [1.54, 1.807) is 6.07 Å². The Kier molecular flexibility index (Phi) is 3.36. The lowest BCUT2D eigenvalue weighted by molar-refractivity contribution is -0.137. The van der Waals surface area contributed by atoms with E-state index in [0.29, 0.717) is 18.7 Å². The number of aryl methyl sites for hydroxylation is 1. The first-order valence-electron chi connectivity index (χ1n) is 5.47. The first kappa shape index (κ1) is 12.2. The summed E-state index contributed by atoms with van der Waals surface area (Å²) in [6.45, 7) is 0. The van der Waals surface area contributed by atoms with Crippen LogP contribution in [0.4, 0.5) is 4.39 Å². The largest absolute Gasteiger partial charge is 0.481 e. The number of nitrogens with one attached hydrogen (secondary N) is 1. The van der Waals surface area contributed by atoms with Crippen molar-refractivity contribution in [3.05, 3.63) is 40.2 Å². The molecule has 2 N–H and O–H groups in total. The van der Waals surface area contributed by atoms with E-state index in [2.05, 4.69) is 9.97 Å². The first-order chi connectivity index (χ1) is 8.58. The standard InChI is InChI=1S/C12H11FN2O3/c13-7-3-1-4-8-11(7)12(18)15-9(14-8)5-2-6-10(16)17/h1,3-4H,2,5-6H2,(H,16,17)(H,14,15,18). The van der Waals surface area contributed by atoms with E-state index in [-0.39, 0.29) is 17.3 Å². The van der Waals surface area contributed by atoms with Gasteiger partial charge in [0.05, 0.1) is 5.52 Å². The number of carboxylic acid groups (broad SMARTS) is 1. The molecule has 0 aliphatic carbocycles. The summed E-state index contributed by atoms with van der Waals surface area (Å²) >= 11 is 0. The molecule has 0 radical (unpaired) electrons. The number of aromatic amines is 1. The third kappa shape index (κ3) is 2.53. The van der Waals surface area contributed by atoms with E-state index >= 15 is 0 Å². The molecule has 1 heterocycles. The van der Waals surface area contributed by atoms with E-state index in [4.69, 9.17) is 5.11 Å². The van der Waals surface area contributed by atoms with Gasteiger partial charge in [0.25, 0.3) is 5.56 Å². The van der Waals surface area contributed by atoms with Crippen molar-refractivity contribution in [1.29, 1.82) is 0 Å². The maximum atomic E-state index is 13.4. The third-order valence-corrected chi connectivity index (χ3v) is 2.54. The number of aliphatic carboxylic acids is 1. The van der Waals surface area contributed by atoms with Gasteiger partial charge >= 0.3 is 5.97 Å². The molecule has 1 aromatic carbocycles. The topological polar surface area (TPSA) is 83.0 Å². The van der Waals surface area contributed by atoms with Crippen molar-refractivity contribution in [2.75, 3.05) is 0 Å². The second-order valence-electron chi connectivity index (χ2n) is 3.89. The number of carbonyl (C=O) groups is 1. The van der Waals surface area contributed by atoms with Gasteiger partial charge in [0.2, 0.25) is 0 Å². The van der Waals surface area contributed by atoms with E-state index in [1.165, 1.54) is 12.1 Å². The highest BCUT2D eigenvalue weighted by Crippen LogP contribution is 2.11. The molecule has 0 bridgehead atoms. The Hall–Kier alpha value is -2.24. The molecule has 2 aromatic rings. The van der Waals surface area contributed by atoms with E-state index in [1.807, 2.05) is 0 Å². The summed E-state index contributed by atoms with van der Waals surface area (Å²) in [6.07, 6.45) is 0.720. The molecule has 0 spiro atoms. The molecule has 2 rings (SSSR count). The molecule has 1 aromatic heterocycles. The Balaban J connectivity index is 2.32. The van der Waals surface area contributed by atoms with Crippen molar-refractivity contribution < 1.29 is 14.3 Å². The summed E-state index contributed by atoms with van der Waals surface area (Å²) in [4.78, 5) is 28.6. The van der Waals surface area contributed by atoms with Crippen molar-refractivity contribution in [2.24, 2.45) is 0 Å². The van der Waals surface area contributed by atoms with Gasteiger partial charge in [0.15, 0.2) is 0 Å². The third-order valence-electron chi connectivity index (χ3n) is 2.54. The SMILES string of the molecule is O=C(O)CCCc1nc2cccc(F)c2c(=O)[nH]1. The normalized spacial score (nSPS) is 10.7. The number of H-pyrrole nitrogens is 1. The van der Waals surface area contributed by atoms with Gasteiger partial charge in [-0.2, -0.15) is 0 Å². The molecule has 94 valence electrons. The average molecular weight is 250 g/mol. The van der Waals surface area contributed by atoms with Crippen LogP contribution in [0.1, 0.15) is 18.7 Å². The molecular weight excluding hydrogens is 239 g/mol. The van der Waals surface area contributed by atoms with Gasteiger partial charge in [-0.15, -0.1) is 0 Å². The number of hydrogen-bond acceptors (Lipinski definition) is 3. The van der Waals surface area contributed by atoms with E-state index in [9.17, 15) is 14.0 Å². The minimum Gasteiger partial charge on any atom is -0.481 e. The zero-order valence-corrected chi connectivity index (χ0v) is 9.44. The monoisotopic (exact) mass is 250 g/mol. The van der Waals surface area contributed by atoms with Crippen LogP contribution < -0.4 is 5.56 Å². The molecule has 0 atom stereocenters. The Morgan fingerprint density at radius 2 is 2.22 bits per heavy atom. The van der Waals surface area contributed by atoms with Crippen LogP contribution in [-0.4, -0.2) is 21.0 Å². The van der Waals surface area contributed by atoms with Gasteiger partial charge in [0, 0.05) is 12.8 Å². The lowest BCUT2D eigenvalue weighted by Gasteiger charge is -2.02. The maximum Gasteiger partial charge on any atom is 0.303 e. The van der Waals surface area contributed by atoms with Gasteiger partial charge in [-0.1, -0.05) is 6.07 Å². The summed E-state index contributed by atoms with van der Waals surface area (Å²) in [5, 5.41) is 8.44. The summed E-state index contributed by atoms with van der Waals surface area (Å²) < 4.78 is 13.4. The number of halogens is 1. The summed E-state index contributed by atoms with van der Waals surface area (Å²) in [5.74, 6) is -1.14. The van der Waals surface area contributed by atoms with Gasteiger partial charge in [0.1, 0.15) is 17.0 Å². The van der Waals surface area contributed by atoms with Gasteiger partial charge < -0.3 is 10.1 Å². The van der Waals surface area contributed by atoms with Crippen LogP contribution in [-0.2, 0) is 11.2 Å². The van der Waals surface area contributed by atoms with Crippen molar-refractivity contribution in [2.45, 2.75) is 19.3 Å². The van der Waals surface area contributed by atoms with Crippen molar-refractivity contribution in [1.82, 2.24) is 9.97 Å². The minimum atomic E-state index is -0.899. The number of fused-ring (bicyclic) bond motifs is 1. The molecule has 0 saturated carbocycles. The number of benzene rings is 1. The fraction of sp³-hybridized carbons (Fsp3) is 0.250. The fourth-order valence-electron chi connectivity index (χ4n) is 1.72. The number of aromatic nitrogens is 2. The second kappa shape index (κ2) is 4.95. The smallest absolute Gasteiger partial charge is 0.303 e. The molecule has 6 heteroatoms. The van der Waals surface area contributed by atoms with Crippen LogP contribution in [0.25, 0.3) is 10.9 Å². The lowest BCUT2D eigenvalue weighted by atomic mass is 10.2. The van der Waals surface area contributed by atoms with Crippen molar-refractivity contribution in [3.8, 4) is 0 Å². The van der Waals surface area contributed by atoms with E-state index in [0.717, 1.165) is 0 Å². The molecule has 0 unspecified atom stereocenters. The fourth-order valence-corrected chi connectivity index (χ4v) is 1.72. The molecule has 0 amide bonds. The first-order valence-corrected chi connectivity index (χ1v) is 5.47. The highest BCUT2D eigenvalue weighted by molar-refractivity contribution is 5.77. The highest BCUT2D eigenvalue weighted by Gasteiger charge is 2.08. The van der Waals surface area contributed by atoms with Gasteiger partial charge in [-0.25, -0.2) is 9.37 Å². The Labute approximate surface area is 101 Å². The Morgan fingerprint density at radius 3 is 2.94 bits per heavy atom. The average Bonchev–Trinajstić information content (AvgIpc) is 2.28. The molecule has 0 aliphatic heterocycles. The number of rotatable bonds is 4.